The van der Waals surface area contributed by atoms with E-state index < -0.39 is 0 Å². The maximum atomic E-state index is 12.8. The first-order chi connectivity index (χ1) is 10.7. The van der Waals surface area contributed by atoms with E-state index in [9.17, 15) is 4.39 Å². The van der Waals surface area contributed by atoms with Gasteiger partial charge in [-0.1, -0.05) is 11.6 Å². The summed E-state index contributed by atoms with van der Waals surface area (Å²) in [7, 11) is 0. The van der Waals surface area contributed by atoms with Crippen LogP contribution in [0.3, 0.4) is 0 Å². The monoisotopic (exact) mass is 317 g/mol. The maximum Gasteiger partial charge on any atom is 0.325 e. The third-order valence-electron chi connectivity index (χ3n) is 2.55. The second kappa shape index (κ2) is 6.36. The molecule has 0 radical (unpaired) electrons. The molecule has 3 rings (SSSR count). The van der Waals surface area contributed by atoms with Crippen LogP contribution in [0.1, 0.15) is 0 Å². The number of aromatic nitrogens is 3. The van der Waals surface area contributed by atoms with Gasteiger partial charge in [0.05, 0.1) is 6.20 Å². The van der Waals surface area contributed by atoms with Crippen molar-refractivity contribution in [3.8, 4) is 23.4 Å². The van der Waals surface area contributed by atoms with Gasteiger partial charge in [-0.05, 0) is 36.4 Å². The van der Waals surface area contributed by atoms with Crippen LogP contribution in [-0.2, 0) is 0 Å². The largest absolute Gasteiger partial charge is 0.439 e. The van der Waals surface area contributed by atoms with E-state index in [0.717, 1.165) is 0 Å². The lowest BCUT2D eigenvalue weighted by molar-refractivity contribution is 0.410. The molecule has 2 heterocycles. The Morgan fingerprint density at radius 3 is 2.36 bits per heavy atom. The SMILES string of the molecule is Fc1ccc(Oc2ccnc(Oc3ccc(Cl)nc3)n2)cc1. The Labute approximate surface area is 130 Å². The minimum Gasteiger partial charge on any atom is -0.439 e. The molecule has 2 aromatic heterocycles. The van der Waals surface area contributed by atoms with Crippen LogP contribution in [0.2, 0.25) is 5.15 Å². The van der Waals surface area contributed by atoms with Gasteiger partial charge in [-0.2, -0.15) is 4.98 Å². The normalized spacial score (nSPS) is 10.3. The van der Waals surface area contributed by atoms with Crippen LogP contribution in [0, 0.1) is 5.82 Å². The molecule has 0 aliphatic heterocycles. The Hall–Kier alpha value is -2.73. The summed E-state index contributed by atoms with van der Waals surface area (Å²) in [5.41, 5.74) is 0. The lowest BCUT2D eigenvalue weighted by Crippen LogP contribution is -1.94. The molecule has 0 amide bonds. The molecule has 110 valence electrons. The highest BCUT2D eigenvalue weighted by Crippen LogP contribution is 2.23. The van der Waals surface area contributed by atoms with Crippen molar-refractivity contribution in [2.75, 3.05) is 0 Å². The van der Waals surface area contributed by atoms with Gasteiger partial charge in [-0.25, -0.2) is 14.4 Å². The van der Waals surface area contributed by atoms with E-state index in [1.807, 2.05) is 0 Å². The Morgan fingerprint density at radius 1 is 0.864 bits per heavy atom. The molecule has 7 heteroatoms. The third kappa shape index (κ3) is 3.67. The first-order valence-electron chi connectivity index (χ1n) is 6.25. The molecule has 0 saturated carbocycles. The highest BCUT2D eigenvalue weighted by molar-refractivity contribution is 6.29. The van der Waals surface area contributed by atoms with E-state index in [0.29, 0.717) is 16.7 Å². The van der Waals surface area contributed by atoms with Crippen LogP contribution >= 0.6 is 11.6 Å². The molecule has 0 unspecified atom stereocenters. The zero-order chi connectivity index (χ0) is 15.4. The number of pyridine rings is 1. The van der Waals surface area contributed by atoms with Gasteiger partial charge in [0, 0.05) is 12.3 Å². The van der Waals surface area contributed by atoms with Crippen LogP contribution < -0.4 is 9.47 Å². The first kappa shape index (κ1) is 14.2. The molecule has 5 nitrogen and oxygen atoms in total. The minimum absolute atomic E-state index is 0.101. The molecule has 0 bridgehead atoms. The molecule has 1 aromatic carbocycles. The maximum absolute atomic E-state index is 12.8. The van der Waals surface area contributed by atoms with Crippen LogP contribution in [0.5, 0.6) is 23.4 Å². The zero-order valence-corrected chi connectivity index (χ0v) is 11.9. The summed E-state index contributed by atoms with van der Waals surface area (Å²) in [6, 6.07) is 10.5. The lowest BCUT2D eigenvalue weighted by atomic mass is 10.3. The number of ether oxygens (including phenoxy) is 2. The van der Waals surface area contributed by atoms with Gasteiger partial charge in [0.2, 0.25) is 5.88 Å². The van der Waals surface area contributed by atoms with Crippen molar-refractivity contribution in [3.63, 3.8) is 0 Å². The van der Waals surface area contributed by atoms with E-state index in [4.69, 9.17) is 21.1 Å². The average Bonchev–Trinajstić information content (AvgIpc) is 2.52. The summed E-state index contributed by atoms with van der Waals surface area (Å²) >= 11 is 5.70. The average molecular weight is 318 g/mol. The summed E-state index contributed by atoms with van der Waals surface area (Å²) in [6.45, 7) is 0. The van der Waals surface area contributed by atoms with Gasteiger partial charge in [0.15, 0.2) is 0 Å². The van der Waals surface area contributed by atoms with Crippen LogP contribution in [0.4, 0.5) is 4.39 Å². The molecule has 0 atom stereocenters. The summed E-state index contributed by atoms with van der Waals surface area (Å²) in [5, 5.41) is 0.363. The lowest BCUT2D eigenvalue weighted by Gasteiger charge is -2.06. The highest BCUT2D eigenvalue weighted by atomic mass is 35.5. The van der Waals surface area contributed by atoms with Crippen molar-refractivity contribution in [1.82, 2.24) is 15.0 Å². The highest BCUT2D eigenvalue weighted by Gasteiger charge is 2.05. The third-order valence-corrected chi connectivity index (χ3v) is 2.78. The number of hydrogen-bond donors (Lipinski definition) is 0. The number of halogens is 2. The molecule has 3 aromatic rings. The van der Waals surface area contributed by atoms with Crippen molar-refractivity contribution in [2.45, 2.75) is 0 Å². The predicted octanol–water partition coefficient (Wildman–Crippen LogP) is 4.25. The van der Waals surface area contributed by atoms with Crippen molar-refractivity contribution in [3.05, 3.63) is 65.8 Å². The zero-order valence-electron chi connectivity index (χ0n) is 11.1. The van der Waals surface area contributed by atoms with Crippen LogP contribution in [0.25, 0.3) is 0 Å². The summed E-state index contributed by atoms with van der Waals surface area (Å²) in [4.78, 5) is 12.0. The molecule has 0 saturated heterocycles. The summed E-state index contributed by atoms with van der Waals surface area (Å²) in [5.74, 6) is 0.843. The first-order valence-corrected chi connectivity index (χ1v) is 6.63. The smallest absolute Gasteiger partial charge is 0.325 e. The van der Waals surface area contributed by atoms with Crippen molar-refractivity contribution in [2.24, 2.45) is 0 Å². The van der Waals surface area contributed by atoms with E-state index >= 15 is 0 Å². The Morgan fingerprint density at radius 2 is 1.64 bits per heavy atom. The van der Waals surface area contributed by atoms with Crippen molar-refractivity contribution in [1.29, 1.82) is 0 Å². The Bertz CT molecular complexity index is 704. The second-order valence-corrected chi connectivity index (χ2v) is 4.54. The molecule has 0 fully saturated rings. The van der Waals surface area contributed by atoms with E-state index in [2.05, 4.69) is 15.0 Å². The Kier molecular flexibility index (Phi) is 4.11. The van der Waals surface area contributed by atoms with Gasteiger partial charge < -0.3 is 9.47 Å². The van der Waals surface area contributed by atoms with E-state index in [-0.39, 0.29) is 17.7 Å². The molecular weight excluding hydrogens is 309 g/mol. The molecule has 0 aliphatic carbocycles. The topological polar surface area (TPSA) is 57.1 Å². The molecule has 0 N–H and O–H groups in total. The van der Waals surface area contributed by atoms with Crippen LogP contribution in [-0.4, -0.2) is 15.0 Å². The fraction of sp³-hybridized carbons (Fsp3) is 0. The van der Waals surface area contributed by atoms with Gasteiger partial charge in [0.25, 0.3) is 0 Å². The Balaban J connectivity index is 1.74. The molecule has 0 aliphatic rings. The fourth-order valence-corrected chi connectivity index (χ4v) is 1.69. The number of benzene rings is 1. The van der Waals surface area contributed by atoms with Gasteiger partial charge in [0.1, 0.15) is 22.5 Å². The summed E-state index contributed by atoms with van der Waals surface area (Å²) in [6.07, 6.45) is 2.95. The fourth-order valence-electron chi connectivity index (χ4n) is 1.58. The second-order valence-electron chi connectivity index (χ2n) is 4.15. The van der Waals surface area contributed by atoms with Crippen molar-refractivity contribution < 1.29 is 13.9 Å². The minimum atomic E-state index is -0.339. The van der Waals surface area contributed by atoms with E-state index in [1.165, 1.54) is 36.7 Å². The standard InChI is InChI=1S/C15H9ClFN3O2/c16-13-6-5-12(9-19-13)22-15-18-8-7-14(20-15)21-11-3-1-10(17)2-4-11/h1-9H. The van der Waals surface area contributed by atoms with E-state index in [1.54, 1.807) is 18.2 Å². The van der Waals surface area contributed by atoms with Crippen LogP contribution in [0.15, 0.2) is 54.9 Å². The van der Waals surface area contributed by atoms with Gasteiger partial charge in [-0.3, -0.25) is 0 Å². The molecule has 0 spiro atoms. The van der Waals surface area contributed by atoms with Crippen molar-refractivity contribution >= 4 is 11.6 Å². The summed E-state index contributed by atoms with van der Waals surface area (Å²) < 4.78 is 23.8. The predicted molar refractivity (Wildman–Crippen MR) is 77.8 cm³/mol. The number of rotatable bonds is 4. The molecular formula is C15H9ClFN3O2. The van der Waals surface area contributed by atoms with Gasteiger partial charge >= 0.3 is 6.01 Å². The quantitative estimate of drug-likeness (QED) is 0.673. The van der Waals surface area contributed by atoms with Gasteiger partial charge in [-0.15, -0.1) is 0 Å². The number of hydrogen-bond acceptors (Lipinski definition) is 5. The molecule has 22 heavy (non-hydrogen) atoms. The number of nitrogens with zero attached hydrogens (tertiary/aromatic N) is 3.